The first kappa shape index (κ1) is 20.1. The maximum Gasteiger partial charge on any atom is 0.224 e. The van der Waals surface area contributed by atoms with Gasteiger partial charge in [0.15, 0.2) is 0 Å². The van der Waals surface area contributed by atoms with E-state index >= 15 is 0 Å². The van der Waals surface area contributed by atoms with Gasteiger partial charge in [0, 0.05) is 38.7 Å². The third-order valence-electron chi connectivity index (χ3n) is 5.38. The molecule has 2 amide bonds. The van der Waals surface area contributed by atoms with Gasteiger partial charge >= 0.3 is 0 Å². The average molecular weight is 382 g/mol. The molecule has 0 radical (unpaired) electrons. The molecule has 0 saturated carbocycles. The smallest absolute Gasteiger partial charge is 0.224 e. The van der Waals surface area contributed by atoms with Crippen LogP contribution in [0.15, 0.2) is 54.6 Å². The number of piperidine rings is 1. The van der Waals surface area contributed by atoms with Crippen molar-refractivity contribution < 1.29 is 14.0 Å². The number of nitrogens with zero attached hydrogens (tertiary/aromatic N) is 2. The molecule has 0 aromatic heterocycles. The van der Waals surface area contributed by atoms with Gasteiger partial charge in [-0.15, -0.1) is 0 Å². The van der Waals surface area contributed by atoms with Crippen molar-refractivity contribution in [1.29, 1.82) is 0 Å². The number of rotatable bonds is 6. The van der Waals surface area contributed by atoms with Gasteiger partial charge in [0.25, 0.3) is 0 Å². The maximum absolute atomic E-state index is 13.5. The summed E-state index contributed by atoms with van der Waals surface area (Å²) >= 11 is 0. The second-order valence-electron chi connectivity index (χ2n) is 7.41. The van der Waals surface area contributed by atoms with Gasteiger partial charge in [-0.3, -0.25) is 9.59 Å². The Labute approximate surface area is 166 Å². The number of hydrogen-bond donors (Lipinski definition) is 0. The Kier molecular flexibility index (Phi) is 6.80. The topological polar surface area (TPSA) is 40.6 Å². The molecule has 0 bridgehead atoms. The molecule has 0 spiro atoms. The summed E-state index contributed by atoms with van der Waals surface area (Å²) in [6, 6.07) is 16.4. The Balaban J connectivity index is 1.49. The highest BCUT2D eigenvalue weighted by Gasteiger charge is 2.24. The zero-order valence-electron chi connectivity index (χ0n) is 16.3. The minimum absolute atomic E-state index is 0.0563. The van der Waals surface area contributed by atoms with Crippen molar-refractivity contribution in [2.75, 3.05) is 24.5 Å². The number of benzene rings is 2. The number of carbonyl (C=O) groups excluding carboxylic acids is 2. The van der Waals surface area contributed by atoms with Gasteiger partial charge < -0.3 is 9.80 Å². The fourth-order valence-corrected chi connectivity index (χ4v) is 3.81. The molecule has 0 unspecified atom stereocenters. The normalized spacial score (nSPS) is 14.7. The van der Waals surface area contributed by atoms with Crippen LogP contribution in [0, 0.1) is 11.7 Å². The van der Waals surface area contributed by atoms with Crippen LogP contribution in [0.1, 0.15) is 31.7 Å². The lowest BCUT2D eigenvalue weighted by Gasteiger charge is -2.32. The first-order valence-electron chi connectivity index (χ1n) is 9.88. The molecule has 0 aliphatic carbocycles. The molecule has 0 N–H and O–H groups in total. The van der Waals surface area contributed by atoms with Crippen LogP contribution in [-0.4, -0.2) is 36.3 Å². The monoisotopic (exact) mass is 382 g/mol. The molecule has 2 aromatic rings. The fourth-order valence-electron chi connectivity index (χ4n) is 3.81. The SMILES string of the molecule is CC(=O)N(CCC(=O)N1CCC(Cc2ccccc2)CC1)c1cccc(F)c1. The Morgan fingerprint density at radius 1 is 1.07 bits per heavy atom. The van der Waals surface area contributed by atoms with E-state index in [0.29, 0.717) is 11.6 Å². The summed E-state index contributed by atoms with van der Waals surface area (Å²) in [6.07, 6.45) is 3.31. The fraction of sp³-hybridized carbons (Fsp3) is 0.391. The highest BCUT2D eigenvalue weighted by atomic mass is 19.1. The molecule has 3 rings (SSSR count). The lowest BCUT2D eigenvalue weighted by molar-refractivity contribution is -0.132. The highest BCUT2D eigenvalue weighted by Crippen LogP contribution is 2.22. The van der Waals surface area contributed by atoms with Crippen molar-refractivity contribution in [1.82, 2.24) is 4.90 Å². The predicted octanol–water partition coefficient (Wildman–Crippen LogP) is 4.05. The summed E-state index contributed by atoms with van der Waals surface area (Å²) in [7, 11) is 0. The van der Waals surface area contributed by atoms with E-state index in [0.717, 1.165) is 32.4 Å². The summed E-state index contributed by atoms with van der Waals surface area (Å²) < 4.78 is 13.5. The van der Waals surface area contributed by atoms with Crippen molar-refractivity contribution in [2.24, 2.45) is 5.92 Å². The molecule has 2 aromatic carbocycles. The van der Waals surface area contributed by atoms with E-state index in [2.05, 4.69) is 24.3 Å². The molecule has 5 heteroatoms. The Hall–Kier alpha value is -2.69. The van der Waals surface area contributed by atoms with Gasteiger partial charge in [-0.1, -0.05) is 36.4 Å². The number of hydrogen-bond acceptors (Lipinski definition) is 2. The minimum atomic E-state index is -0.393. The second-order valence-corrected chi connectivity index (χ2v) is 7.41. The Morgan fingerprint density at radius 2 is 1.79 bits per heavy atom. The van der Waals surface area contributed by atoms with Crippen LogP contribution in [0.3, 0.4) is 0 Å². The van der Waals surface area contributed by atoms with Gasteiger partial charge in [-0.2, -0.15) is 0 Å². The Bertz CT molecular complexity index is 801. The summed E-state index contributed by atoms with van der Waals surface area (Å²) in [5.41, 5.74) is 1.83. The van der Waals surface area contributed by atoms with Crippen molar-refractivity contribution in [3.8, 4) is 0 Å². The van der Waals surface area contributed by atoms with Gasteiger partial charge in [0.2, 0.25) is 11.8 Å². The standard InChI is InChI=1S/C23H27FN2O2/c1-18(27)26(22-9-5-8-21(24)17-22)15-12-23(28)25-13-10-20(11-14-25)16-19-6-3-2-4-7-19/h2-9,17,20H,10-16H2,1H3. The largest absolute Gasteiger partial charge is 0.343 e. The molecule has 148 valence electrons. The number of halogens is 1. The number of likely N-dealkylation sites (tertiary alicyclic amines) is 1. The van der Waals surface area contributed by atoms with Crippen LogP contribution in [-0.2, 0) is 16.0 Å². The van der Waals surface area contributed by atoms with E-state index in [1.165, 1.54) is 29.5 Å². The van der Waals surface area contributed by atoms with Crippen molar-refractivity contribution in [3.05, 3.63) is 66.0 Å². The van der Waals surface area contributed by atoms with Gasteiger partial charge in [0.1, 0.15) is 5.82 Å². The maximum atomic E-state index is 13.5. The number of amides is 2. The average Bonchev–Trinajstić information content (AvgIpc) is 2.69. The van der Waals surface area contributed by atoms with Gasteiger partial charge in [-0.05, 0) is 48.9 Å². The first-order valence-corrected chi connectivity index (χ1v) is 9.88. The summed E-state index contributed by atoms with van der Waals surface area (Å²) in [5, 5.41) is 0. The number of carbonyl (C=O) groups is 2. The molecule has 1 saturated heterocycles. The van der Waals surface area contributed by atoms with E-state index in [-0.39, 0.29) is 24.8 Å². The minimum Gasteiger partial charge on any atom is -0.343 e. The predicted molar refractivity (Wildman–Crippen MR) is 108 cm³/mol. The van der Waals surface area contributed by atoms with E-state index in [1.807, 2.05) is 11.0 Å². The molecule has 1 aliphatic rings. The first-order chi connectivity index (χ1) is 13.5. The summed E-state index contributed by atoms with van der Waals surface area (Å²) in [6.45, 7) is 3.22. The third-order valence-corrected chi connectivity index (χ3v) is 5.38. The van der Waals surface area contributed by atoms with Crippen LogP contribution < -0.4 is 4.90 Å². The van der Waals surface area contributed by atoms with Crippen LogP contribution >= 0.6 is 0 Å². The second kappa shape index (κ2) is 9.49. The zero-order valence-corrected chi connectivity index (χ0v) is 16.3. The van der Waals surface area contributed by atoms with Gasteiger partial charge in [-0.25, -0.2) is 4.39 Å². The molecular weight excluding hydrogens is 355 g/mol. The molecular formula is C23H27FN2O2. The Morgan fingerprint density at radius 3 is 2.43 bits per heavy atom. The molecule has 28 heavy (non-hydrogen) atoms. The lowest BCUT2D eigenvalue weighted by Crippen LogP contribution is -2.41. The van der Waals surface area contributed by atoms with Crippen molar-refractivity contribution in [2.45, 2.75) is 32.6 Å². The summed E-state index contributed by atoms with van der Waals surface area (Å²) in [5.74, 6) is 0.0730. The molecule has 1 aliphatic heterocycles. The molecule has 1 fully saturated rings. The van der Waals surface area contributed by atoms with E-state index in [9.17, 15) is 14.0 Å². The van der Waals surface area contributed by atoms with E-state index < -0.39 is 5.82 Å². The molecule has 0 atom stereocenters. The zero-order chi connectivity index (χ0) is 19.9. The van der Waals surface area contributed by atoms with Crippen LogP contribution in [0.25, 0.3) is 0 Å². The molecule has 1 heterocycles. The van der Waals surface area contributed by atoms with Gasteiger partial charge in [0.05, 0.1) is 0 Å². The quantitative estimate of drug-likeness (QED) is 0.756. The summed E-state index contributed by atoms with van der Waals surface area (Å²) in [4.78, 5) is 27.9. The number of anilines is 1. The van der Waals surface area contributed by atoms with E-state index in [1.54, 1.807) is 12.1 Å². The van der Waals surface area contributed by atoms with Crippen molar-refractivity contribution >= 4 is 17.5 Å². The van der Waals surface area contributed by atoms with E-state index in [4.69, 9.17) is 0 Å². The van der Waals surface area contributed by atoms with Crippen molar-refractivity contribution in [3.63, 3.8) is 0 Å². The van der Waals surface area contributed by atoms with Crippen LogP contribution in [0.4, 0.5) is 10.1 Å². The lowest BCUT2D eigenvalue weighted by atomic mass is 9.90. The van der Waals surface area contributed by atoms with Crippen LogP contribution in [0.5, 0.6) is 0 Å². The third kappa shape index (κ3) is 5.41. The van der Waals surface area contributed by atoms with Crippen LogP contribution in [0.2, 0.25) is 0 Å². The molecule has 4 nitrogen and oxygen atoms in total. The highest BCUT2D eigenvalue weighted by molar-refractivity contribution is 5.92.